The van der Waals surface area contributed by atoms with Crippen molar-refractivity contribution < 1.29 is 9.62 Å². The Hall–Kier alpha value is -2.53. The van der Waals surface area contributed by atoms with E-state index in [-0.39, 0.29) is 5.25 Å². The van der Waals surface area contributed by atoms with E-state index in [1.807, 2.05) is 48.5 Å². The minimum Gasteiger partial charge on any atom is -0.431 e. The van der Waals surface area contributed by atoms with Gasteiger partial charge >= 0.3 is 0 Å². The van der Waals surface area contributed by atoms with E-state index in [4.69, 9.17) is 9.40 Å². The minimum atomic E-state index is 0.108. The Kier molecular flexibility index (Phi) is 6.12. The quantitative estimate of drug-likeness (QED) is 0.399. The third-order valence-electron chi connectivity index (χ3n) is 5.08. The monoisotopic (exact) mass is 392 g/mol. The Balaban J connectivity index is 1.69. The van der Waals surface area contributed by atoms with Gasteiger partial charge < -0.3 is 9.62 Å². The van der Waals surface area contributed by atoms with Crippen LogP contribution in [0.1, 0.15) is 38.5 Å². The van der Waals surface area contributed by atoms with Crippen LogP contribution in [0.15, 0.2) is 75.5 Å². The van der Waals surface area contributed by atoms with E-state index >= 15 is 0 Å². The standard InChI is InChI=1S/C23H24N2O2S/c26-25-19-15-9-1-2-10-16-20(19)28-23-24-21(17-11-5-3-6-12-17)22(27-23)18-13-7-4-8-14-18/h3-8,11-14,20,26H,1-2,9-10,15-16H2/b25-19+/t20-/m1/s1. The van der Waals surface area contributed by atoms with Gasteiger partial charge in [-0.2, -0.15) is 0 Å². The molecular weight excluding hydrogens is 368 g/mol. The molecule has 1 aromatic heterocycles. The number of thioether (sulfide) groups is 1. The zero-order valence-corrected chi connectivity index (χ0v) is 16.6. The maximum atomic E-state index is 9.50. The van der Waals surface area contributed by atoms with E-state index in [1.54, 1.807) is 11.8 Å². The first kappa shape index (κ1) is 18.8. The van der Waals surface area contributed by atoms with Crippen molar-refractivity contribution in [1.82, 2.24) is 4.98 Å². The first-order valence-electron chi connectivity index (χ1n) is 9.84. The van der Waals surface area contributed by atoms with Gasteiger partial charge in [-0.25, -0.2) is 4.98 Å². The molecule has 1 aliphatic carbocycles. The summed E-state index contributed by atoms with van der Waals surface area (Å²) in [6.07, 6.45) is 6.46. The summed E-state index contributed by atoms with van der Waals surface area (Å²) in [4.78, 5) is 4.83. The fraction of sp³-hybridized carbons (Fsp3) is 0.304. The van der Waals surface area contributed by atoms with Crippen molar-refractivity contribution >= 4 is 17.5 Å². The van der Waals surface area contributed by atoms with Crippen LogP contribution in [-0.4, -0.2) is 21.2 Å². The minimum absolute atomic E-state index is 0.108. The second kappa shape index (κ2) is 9.11. The maximum Gasteiger partial charge on any atom is 0.257 e. The molecule has 0 aliphatic heterocycles. The van der Waals surface area contributed by atoms with Gasteiger partial charge in [-0.3, -0.25) is 0 Å². The molecule has 0 bridgehead atoms. The number of aromatic nitrogens is 1. The van der Waals surface area contributed by atoms with Gasteiger partial charge in [0.25, 0.3) is 5.22 Å². The van der Waals surface area contributed by atoms with Crippen LogP contribution in [0, 0.1) is 0 Å². The lowest BCUT2D eigenvalue weighted by Gasteiger charge is -2.18. The highest BCUT2D eigenvalue weighted by Gasteiger charge is 2.24. The average Bonchev–Trinajstić information content (AvgIpc) is 3.16. The molecule has 1 heterocycles. The first-order chi connectivity index (χ1) is 13.8. The van der Waals surface area contributed by atoms with Gasteiger partial charge in [-0.1, -0.05) is 96.8 Å². The fourth-order valence-corrected chi connectivity index (χ4v) is 4.71. The Labute approximate surface area is 169 Å². The van der Waals surface area contributed by atoms with Gasteiger partial charge in [0.15, 0.2) is 5.76 Å². The Morgan fingerprint density at radius 2 is 1.57 bits per heavy atom. The third kappa shape index (κ3) is 4.30. The lowest BCUT2D eigenvalue weighted by molar-refractivity contribution is 0.315. The number of nitrogens with zero attached hydrogens (tertiary/aromatic N) is 2. The van der Waals surface area contributed by atoms with Crippen LogP contribution in [-0.2, 0) is 0 Å². The molecule has 0 spiro atoms. The highest BCUT2D eigenvalue weighted by molar-refractivity contribution is 8.00. The van der Waals surface area contributed by atoms with E-state index < -0.39 is 0 Å². The van der Waals surface area contributed by atoms with Gasteiger partial charge in [0, 0.05) is 11.1 Å². The maximum absolute atomic E-state index is 9.50. The molecule has 2 aromatic carbocycles. The molecule has 0 amide bonds. The highest BCUT2D eigenvalue weighted by Crippen LogP contribution is 2.38. The van der Waals surface area contributed by atoms with Crippen LogP contribution >= 0.6 is 11.8 Å². The molecule has 28 heavy (non-hydrogen) atoms. The van der Waals surface area contributed by atoms with E-state index in [0.29, 0.717) is 5.22 Å². The summed E-state index contributed by atoms with van der Waals surface area (Å²) in [7, 11) is 0. The number of hydrogen-bond acceptors (Lipinski definition) is 5. The van der Waals surface area contributed by atoms with Crippen molar-refractivity contribution in [2.75, 3.05) is 0 Å². The molecule has 5 heteroatoms. The SMILES string of the molecule is O/N=C1\CCCCCC[C@H]1Sc1nc(-c2ccccc2)c(-c2ccccc2)o1. The van der Waals surface area contributed by atoms with Crippen molar-refractivity contribution in [3.05, 3.63) is 60.7 Å². The molecule has 0 radical (unpaired) electrons. The molecule has 1 atom stereocenters. The first-order valence-corrected chi connectivity index (χ1v) is 10.7. The average molecular weight is 393 g/mol. The summed E-state index contributed by atoms with van der Waals surface area (Å²) in [6, 6.07) is 20.2. The number of oxime groups is 1. The summed E-state index contributed by atoms with van der Waals surface area (Å²) in [6.45, 7) is 0. The molecule has 0 saturated heterocycles. The second-order valence-corrected chi connectivity index (χ2v) is 8.19. The lowest BCUT2D eigenvalue weighted by atomic mass is 9.99. The van der Waals surface area contributed by atoms with Crippen molar-refractivity contribution in [2.24, 2.45) is 5.16 Å². The summed E-state index contributed by atoms with van der Waals surface area (Å²) in [5, 5.41) is 13.8. The van der Waals surface area contributed by atoms with Crippen LogP contribution in [0.25, 0.3) is 22.6 Å². The smallest absolute Gasteiger partial charge is 0.257 e. The second-order valence-electron chi connectivity index (χ2n) is 7.04. The molecule has 0 unspecified atom stereocenters. The zero-order valence-electron chi connectivity index (χ0n) is 15.8. The third-order valence-corrected chi connectivity index (χ3v) is 6.25. The molecular formula is C23H24N2O2S. The largest absolute Gasteiger partial charge is 0.431 e. The molecule has 1 N–H and O–H groups in total. The van der Waals surface area contributed by atoms with Crippen LogP contribution in [0.3, 0.4) is 0 Å². The van der Waals surface area contributed by atoms with Crippen molar-refractivity contribution in [3.8, 4) is 22.6 Å². The van der Waals surface area contributed by atoms with Gasteiger partial charge in [0.2, 0.25) is 0 Å². The molecule has 4 nitrogen and oxygen atoms in total. The molecule has 3 aromatic rings. The van der Waals surface area contributed by atoms with Crippen molar-refractivity contribution in [1.29, 1.82) is 0 Å². The molecule has 144 valence electrons. The zero-order chi connectivity index (χ0) is 19.2. The van der Waals surface area contributed by atoms with Crippen molar-refractivity contribution in [2.45, 2.75) is 49.0 Å². The number of hydrogen-bond donors (Lipinski definition) is 1. The Morgan fingerprint density at radius 1 is 0.893 bits per heavy atom. The number of benzene rings is 2. The fourth-order valence-electron chi connectivity index (χ4n) is 3.61. The van der Waals surface area contributed by atoms with E-state index in [0.717, 1.165) is 54.0 Å². The van der Waals surface area contributed by atoms with Crippen LogP contribution in [0.5, 0.6) is 0 Å². The summed E-state index contributed by atoms with van der Waals surface area (Å²) in [5.41, 5.74) is 3.74. The number of rotatable bonds is 4. The van der Waals surface area contributed by atoms with Gasteiger partial charge in [-0.05, 0) is 19.3 Å². The lowest BCUT2D eigenvalue weighted by Crippen LogP contribution is -2.19. The topological polar surface area (TPSA) is 58.6 Å². The summed E-state index contributed by atoms with van der Waals surface area (Å²) < 4.78 is 6.24. The van der Waals surface area contributed by atoms with Gasteiger partial charge in [0.1, 0.15) is 5.69 Å². The molecule has 1 aliphatic rings. The van der Waals surface area contributed by atoms with E-state index in [9.17, 15) is 5.21 Å². The predicted octanol–water partition coefficient (Wildman–Crippen LogP) is 6.65. The number of oxazole rings is 1. The van der Waals surface area contributed by atoms with Gasteiger partial charge in [-0.15, -0.1) is 0 Å². The van der Waals surface area contributed by atoms with Crippen molar-refractivity contribution in [3.63, 3.8) is 0 Å². The van der Waals surface area contributed by atoms with Crippen LogP contribution in [0.2, 0.25) is 0 Å². The Bertz CT molecular complexity index is 865. The summed E-state index contributed by atoms with van der Waals surface area (Å²) >= 11 is 1.58. The van der Waals surface area contributed by atoms with Crippen LogP contribution in [0.4, 0.5) is 0 Å². The molecule has 1 saturated carbocycles. The molecule has 1 fully saturated rings. The predicted molar refractivity (Wildman–Crippen MR) is 114 cm³/mol. The Morgan fingerprint density at radius 3 is 2.29 bits per heavy atom. The highest BCUT2D eigenvalue weighted by atomic mass is 32.2. The molecule has 4 rings (SSSR count). The van der Waals surface area contributed by atoms with Crippen LogP contribution < -0.4 is 0 Å². The van der Waals surface area contributed by atoms with E-state index in [1.165, 1.54) is 12.8 Å². The normalized spacial score (nSPS) is 19.3. The summed E-state index contributed by atoms with van der Waals surface area (Å²) in [5.74, 6) is 0.780. The van der Waals surface area contributed by atoms with Gasteiger partial charge in [0.05, 0.1) is 11.0 Å². The van der Waals surface area contributed by atoms with E-state index in [2.05, 4.69) is 17.3 Å².